The number of rotatable bonds is 12. The van der Waals surface area contributed by atoms with Crippen molar-refractivity contribution < 1.29 is 13.7 Å². The summed E-state index contributed by atoms with van der Waals surface area (Å²) in [6, 6.07) is 44.2. The maximum Gasteiger partial charge on any atom is 0.255 e. The first-order valence-electron chi connectivity index (χ1n) is 21.8. The summed E-state index contributed by atoms with van der Waals surface area (Å²) in [6.07, 6.45) is 6.05. The molecule has 0 N–H and O–H groups in total. The monoisotopic (exact) mass is 987 g/mol. The van der Waals surface area contributed by atoms with Crippen molar-refractivity contribution in [3.05, 3.63) is 227 Å². The number of fused-ring (bicyclic) bond motifs is 3. The predicted octanol–water partition coefficient (Wildman–Crippen LogP) is 13.5. The normalized spacial score (nSPS) is 11.8. The zero-order valence-corrected chi connectivity index (χ0v) is 41.1. The minimum atomic E-state index is 0.462. The van der Waals surface area contributed by atoms with Gasteiger partial charge in [-0.25, -0.2) is 27.4 Å². The largest absolute Gasteiger partial charge is 0.255 e. The Morgan fingerprint density at radius 2 is 0.606 bits per heavy atom. The van der Waals surface area contributed by atoms with Gasteiger partial charge in [-0.1, -0.05) is 127 Å². The lowest BCUT2D eigenvalue weighted by atomic mass is 9.87. The third-order valence-electron chi connectivity index (χ3n) is 13.2. The standard InChI is InChI=1S/C54H45Cl6N6/c1-34-46(28-64-31-61(49(55)52(64)58)25-40-19-10-16-37-13-4-7-22-43(37)40)35(2)48(30-66-33-63(51(57)54(66)60)27-42-21-12-18-39-15-6-9-24-45(39)42)36(3)47(34)29-65-32-62(50(56)53(65)59)26-41-20-11-17-38-14-5-8-23-44(38)41/h4-24,31-33H,25-30H2,1-3H3/q+3. The Kier molecular flexibility index (Phi) is 12.4. The topological polar surface area (TPSA) is 26.4 Å². The van der Waals surface area contributed by atoms with Crippen molar-refractivity contribution in [2.45, 2.75) is 60.0 Å². The molecular weight excluding hydrogens is 945 g/mol. The summed E-state index contributed by atoms with van der Waals surface area (Å²) in [7, 11) is 0. The van der Waals surface area contributed by atoms with Crippen molar-refractivity contribution in [2.75, 3.05) is 0 Å². The molecular formula is C54H45Cl6N6+3. The summed E-state index contributed by atoms with van der Waals surface area (Å²) in [6.45, 7) is 9.64. The zero-order valence-electron chi connectivity index (χ0n) is 36.6. The summed E-state index contributed by atoms with van der Waals surface area (Å²) in [4.78, 5) is 0. The smallest absolute Gasteiger partial charge is 0.215 e. The zero-order chi connectivity index (χ0) is 45.8. The van der Waals surface area contributed by atoms with E-state index < -0.39 is 0 Å². The second kappa shape index (κ2) is 18.4. The van der Waals surface area contributed by atoms with E-state index in [0.29, 0.717) is 70.2 Å². The van der Waals surface area contributed by atoms with Crippen molar-refractivity contribution in [1.29, 1.82) is 0 Å². The molecule has 10 aromatic rings. The number of benzene rings is 7. The molecule has 0 bridgehead atoms. The van der Waals surface area contributed by atoms with Crippen LogP contribution in [-0.4, -0.2) is 13.7 Å². The number of aromatic nitrogens is 6. The van der Waals surface area contributed by atoms with E-state index in [1.165, 1.54) is 32.3 Å². The van der Waals surface area contributed by atoms with Gasteiger partial charge in [0.25, 0.3) is 30.9 Å². The van der Waals surface area contributed by atoms with Crippen molar-refractivity contribution in [3.8, 4) is 0 Å². The minimum Gasteiger partial charge on any atom is -0.215 e. The average Bonchev–Trinajstić information content (AvgIpc) is 3.87. The molecule has 12 heteroatoms. The van der Waals surface area contributed by atoms with Crippen LogP contribution in [0.2, 0.25) is 30.9 Å². The van der Waals surface area contributed by atoms with Crippen LogP contribution in [0.1, 0.15) is 50.1 Å². The molecule has 3 heterocycles. The lowest BCUT2D eigenvalue weighted by Crippen LogP contribution is -2.33. The fraction of sp³-hybridized carbons (Fsp3) is 0.167. The first-order chi connectivity index (χ1) is 31.9. The molecule has 0 atom stereocenters. The van der Waals surface area contributed by atoms with Gasteiger partial charge in [0.05, 0.1) is 0 Å². The molecule has 0 saturated carbocycles. The van der Waals surface area contributed by atoms with E-state index in [0.717, 1.165) is 50.1 Å². The highest BCUT2D eigenvalue weighted by Gasteiger charge is 2.30. The molecule has 7 aromatic carbocycles. The molecule has 10 rings (SSSR count). The van der Waals surface area contributed by atoms with Crippen molar-refractivity contribution in [1.82, 2.24) is 13.7 Å². The van der Waals surface area contributed by atoms with Gasteiger partial charge < -0.3 is 0 Å². The first-order valence-corrected chi connectivity index (χ1v) is 24.0. The van der Waals surface area contributed by atoms with E-state index in [1.807, 2.05) is 46.4 Å². The number of nitrogens with zero attached hydrogens (tertiary/aromatic N) is 6. The highest BCUT2D eigenvalue weighted by molar-refractivity contribution is 6.40. The van der Waals surface area contributed by atoms with Crippen molar-refractivity contribution >= 4 is 102 Å². The van der Waals surface area contributed by atoms with Crippen LogP contribution in [0.5, 0.6) is 0 Å². The number of halogens is 6. The Morgan fingerprint density at radius 1 is 0.348 bits per heavy atom. The Labute approximate surface area is 413 Å². The summed E-state index contributed by atoms with van der Waals surface area (Å²) in [5.41, 5.74) is 10.2. The SMILES string of the molecule is Cc1c(Cn2c[n+](Cc3cccc4ccccc34)c(Cl)c2Cl)c(C)c(Cn2c[n+](Cc3cccc4ccccc34)c(Cl)c2Cl)c(C)c1Cn1c[n+](Cc2cccc3ccccc23)c(Cl)c1Cl. The fourth-order valence-electron chi connectivity index (χ4n) is 9.64. The molecule has 3 aromatic heterocycles. The van der Waals surface area contributed by atoms with Gasteiger partial charge in [0.15, 0.2) is 0 Å². The second-order valence-electron chi connectivity index (χ2n) is 17.1. The Bertz CT molecular complexity index is 3110. The van der Waals surface area contributed by atoms with E-state index >= 15 is 0 Å². The van der Waals surface area contributed by atoms with Crippen LogP contribution < -0.4 is 13.7 Å². The Morgan fingerprint density at radius 3 is 0.894 bits per heavy atom. The maximum absolute atomic E-state index is 7.14. The van der Waals surface area contributed by atoms with Crippen LogP contribution >= 0.6 is 69.6 Å². The van der Waals surface area contributed by atoms with Gasteiger partial charge in [0, 0.05) is 33.4 Å². The Balaban J connectivity index is 1.04. The molecule has 0 saturated heterocycles. The molecule has 0 spiro atoms. The van der Waals surface area contributed by atoms with Crippen LogP contribution in [0.25, 0.3) is 32.3 Å². The third-order valence-corrected chi connectivity index (χ3v) is 15.9. The quantitative estimate of drug-likeness (QED) is 0.109. The predicted molar refractivity (Wildman–Crippen MR) is 271 cm³/mol. The van der Waals surface area contributed by atoms with Gasteiger partial charge in [-0.05, 0) is 139 Å². The van der Waals surface area contributed by atoms with E-state index in [9.17, 15) is 0 Å². The van der Waals surface area contributed by atoms with Crippen LogP contribution in [0.15, 0.2) is 146 Å². The van der Waals surface area contributed by atoms with Gasteiger partial charge in [-0.2, -0.15) is 0 Å². The highest BCUT2D eigenvalue weighted by atomic mass is 35.5. The highest BCUT2D eigenvalue weighted by Crippen LogP contribution is 2.34. The molecule has 0 aliphatic carbocycles. The molecule has 6 nitrogen and oxygen atoms in total. The summed E-state index contributed by atoms with van der Waals surface area (Å²) in [5, 5.41) is 9.86. The lowest BCUT2D eigenvalue weighted by Gasteiger charge is -2.20. The molecule has 66 heavy (non-hydrogen) atoms. The van der Waals surface area contributed by atoms with E-state index in [2.05, 4.69) is 148 Å². The van der Waals surface area contributed by atoms with Gasteiger partial charge in [-0.15, -0.1) is 0 Å². The maximum atomic E-state index is 7.14. The molecule has 0 amide bonds. The van der Waals surface area contributed by atoms with Gasteiger partial charge in [0.2, 0.25) is 19.0 Å². The van der Waals surface area contributed by atoms with Crippen molar-refractivity contribution in [3.63, 3.8) is 0 Å². The van der Waals surface area contributed by atoms with Crippen LogP contribution in [0, 0.1) is 20.8 Å². The fourth-order valence-corrected chi connectivity index (χ4v) is 10.9. The third kappa shape index (κ3) is 8.27. The van der Waals surface area contributed by atoms with Crippen LogP contribution in [0.4, 0.5) is 0 Å². The second-order valence-corrected chi connectivity index (χ2v) is 19.2. The molecule has 0 aliphatic rings. The molecule has 0 unspecified atom stereocenters. The first kappa shape index (κ1) is 44.5. The number of imidazole rings is 3. The van der Waals surface area contributed by atoms with Crippen molar-refractivity contribution in [2.24, 2.45) is 0 Å². The number of hydrogen-bond donors (Lipinski definition) is 0. The van der Waals surface area contributed by atoms with E-state index in [4.69, 9.17) is 69.6 Å². The Hall–Kier alpha value is -5.31. The minimum absolute atomic E-state index is 0.462. The van der Waals surface area contributed by atoms with E-state index in [-0.39, 0.29) is 0 Å². The lowest BCUT2D eigenvalue weighted by molar-refractivity contribution is -0.685. The molecule has 0 radical (unpaired) electrons. The van der Waals surface area contributed by atoms with Gasteiger partial charge in [0.1, 0.15) is 39.3 Å². The summed E-state index contributed by atoms with van der Waals surface area (Å²) >= 11 is 42.6. The summed E-state index contributed by atoms with van der Waals surface area (Å²) in [5.74, 6) is 0. The van der Waals surface area contributed by atoms with E-state index in [1.54, 1.807) is 0 Å². The number of hydrogen-bond acceptors (Lipinski definition) is 0. The van der Waals surface area contributed by atoms with Crippen LogP contribution in [0.3, 0.4) is 0 Å². The van der Waals surface area contributed by atoms with Gasteiger partial charge in [-0.3, -0.25) is 0 Å². The molecule has 0 aliphatic heterocycles. The summed E-state index contributed by atoms with van der Waals surface area (Å²) < 4.78 is 12.1. The average molecular weight is 991 g/mol. The molecule has 330 valence electrons. The van der Waals surface area contributed by atoms with Gasteiger partial charge >= 0.3 is 0 Å². The van der Waals surface area contributed by atoms with Crippen LogP contribution in [-0.2, 0) is 39.3 Å². The molecule has 0 fully saturated rings.